The zero-order valence-corrected chi connectivity index (χ0v) is 14.7. The highest BCUT2D eigenvalue weighted by atomic mass is 16.2. The van der Waals surface area contributed by atoms with Gasteiger partial charge in [0.2, 0.25) is 11.8 Å². The van der Waals surface area contributed by atoms with Crippen molar-refractivity contribution in [3.8, 4) is 0 Å². The molecule has 1 N–H and O–H groups in total. The Kier molecular flexibility index (Phi) is 5.17. The summed E-state index contributed by atoms with van der Waals surface area (Å²) in [6.45, 7) is 5.22. The van der Waals surface area contributed by atoms with E-state index in [9.17, 15) is 9.59 Å². The third-order valence-electron chi connectivity index (χ3n) is 4.68. The van der Waals surface area contributed by atoms with Gasteiger partial charge in [0.15, 0.2) is 0 Å². The van der Waals surface area contributed by atoms with Gasteiger partial charge in [0.1, 0.15) is 0 Å². The molecule has 1 fully saturated rings. The Hall–Kier alpha value is -2.62. The Balaban J connectivity index is 1.60. The zero-order valence-electron chi connectivity index (χ0n) is 14.7. The number of anilines is 1. The molecule has 1 saturated heterocycles. The maximum atomic E-state index is 12.4. The van der Waals surface area contributed by atoms with Gasteiger partial charge in [-0.15, -0.1) is 0 Å². The van der Waals surface area contributed by atoms with Crippen LogP contribution in [0.5, 0.6) is 0 Å². The summed E-state index contributed by atoms with van der Waals surface area (Å²) in [5.74, 6) is 0.122. The van der Waals surface area contributed by atoms with Gasteiger partial charge in [0.05, 0.1) is 5.92 Å². The average Bonchev–Trinajstić information content (AvgIpc) is 3.02. The van der Waals surface area contributed by atoms with Gasteiger partial charge in [-0.1, -0.05) is 56.3 Å². The van der Waals surface area contributed by atoms with Crippen molar-refractivity contribution in [2.75, 3.05) is 11.4 Å². The van der Waals surface area contributed by atoms with Gasteiger partial charge in [0.25, 0.3) is 0 Å². The van der Waals surface area contributed by atoms with E-state index in [0.717, 1.165) is 11.3 Å². The van der Waals surface area contributed by atoms with E-state index in [1.165, 1.54) is 5.56 Å². The molecule has 3 rings (SSSR count). The van der Waals surface area contributed by atoms with E-state index in [4.69, 9.17) is 0 Å². The number of nitrogens with one attached hydrogen (secondary N) is 1. The number of rotatable bonds is 5. The van der Waals surface area contributed by atoms with Crippen molar-refractivity contribution >= 4 is 17.5 Å². The van der Waals surface area contributed by atoms with Crippen molar-refractivity contribution in [2.24, 2.45) is 5.92 Å². The van der Waals surface area contributed by atoms with E-state index in [0.29, 0.717) is 19.0 Å². The van der Waals surface area contributed by atoms with E-state index < -0.39 is 0 Å². The molecule has 2 aromatic rings. The summed E-state index contributed by atoms with van der Waals surface area (Å²) in [4.78, 5) is 26.4. The topological polar surface area (TPSA) is 49.4 Å². The Labute approximate surface area is 148 Å². The first-order valence-corrected chi connectivity index (χ1v) is 8.76. The molecule has 25 heavy (non-hydrogen) atoms. The Morgan fingerprint density at radius 1 is 1.12 bits per heavy atom. The third-order valence-corrected chi connectivity index (χ3v) is 4.68. The summed E-state index contributed by atoms with van der Waals surface area (Å²) in [7, 11) is 0. The molecule has 1 heterocycles. The second kappa shape index (κ2) is 7.51. The molecule has 1 aliphatic heterocycles. The minimum Gasteiger partial charge on any atom is -0.352 e. The number of carbonyl (C=O) groups excluding carboxylic acids is 2. The summed E-state index contributed by atoms with van der Waals surface area (Å²) in [6.07, 6.45) is 0.270. The zero-order chi connectivity index (χ0) is 17.8. The van der Waals surface area contributed by atoms with Gasteiger partial charge in [-0.05, 0) is 29.2 Å². The lowest BCUT2D eigenvalue weighted by atomic mass is 10.0. The van der Waals surface area contributed by atoms with Gasteiger partial charge >= 0.3 is 0 Å². The second-order valence-corrected chi connectivity index (χ2v) is 6.86. The van der Waals surface area contributed by atoms with Crippen molar-refractivity contribution < 1.29 is 9.59 Å². The SMILES string of the molecule is CC(C)c1ccc(N2CC(C(=O)NCc3ccccc3)CC2=O)cc1. The molecule has 130 valence electrons. The number of nitrogens with zero attached hydrogens (tertiary/aromatic N) is 1. The lowest BCUT2D eigenvalue weighted by molar-refractivity contribution is -0.126. The molecular weight excluding hydrogens is 312 g/mol. The molecule has 4 nitrogen and oxygen atoms in total. The fourth-order valence-corrected chi connectivity index (χ4v) is 3.10. The highest BCUT2D eigenvalue weighted by molar-refractivity contribution is 6.00. The molecule has 0 saturated carbocycles. The predicted octanol–water partition coefficient (Wildman–Crippen LogP) is 3.48. The Morgan fingerprint density at radius 2 is 1.80 bits per heavy atom. The minimum absolute atomic E-state index is 0.0113. The third kappa shape index (κ3) is 4.08. The van der Waals surface area contributed by atoms with Crippen LogP contribution >= 0.6 is 0 Å². The van der Waals surface area contributed by atoms with Crippen LogP contribution in [-0.4, -0.2) is 18.4 Å². The molecule has 1 aliphatic rings. The molecule has 0 radical (unpaired) electrons. The highest BCUT2D eigenvalue weighted by Crippen LogP contribution is 2.27. The summed E-state index contributed by atoms with van der Waals surface area (Å²) in [6, 6.07) is 17.8. The van der Waals surface area contributed by atoms with Gasteiger partial charge in [-0.25, -0.2) is 0 Å². The molecule has 2 amide bonds. The van der Waals surface area contributed by atoms with E-state index in [2.05, 4.69) is 31.3 Å². The standard InChI is InChI=1S/C21H24N2O2/c1-15(2)17-8-10-19(11-9-17)23-14-18(12-20(23)24)21(25)22-13-16-6-4-3-5-7-16/h3-11,15,18H,12-14H2,1-2H3,(H,22,25). The van der Waals surface area contributed by atoms with Crippen LogP contribution in [0.1, 0.15) is 37.3 Å². The number of carbonyl (C=O) groups is 2. The first kappa shape index (κ1) is 17.2. The second-order valence-electron chi connectivity index (χ2n) is 6.86. The molecule has 0 bridgehead atoms. The maximum absolute atomic E-state index is 12.4. The van der Waals surface area contributed by atoms with Crippen LogP contribution < -0.4 is 10.2 Å². The van der Waals surface area contributed by atoms with E-state index in [1.807, 2.05) is 42.5 Å². The van der Waals surface area contributed by atoms with Crippen LogP contribution in [0, 0.1) is 5.92 Å². The fraction of sp³-hybridized carbons (Fsp3) is 0.333. The molecular formula is C21H24N2O2. The average molecular weight is 336 g/mol. The number of amides is 2. The van der Waals surface area contributed by atoms with Crippen LogP contribution in [0.25, 0.3) is 0 Å². The molecule has 0 spiro atoms. The summed E-state index contributed by atoms with van der Waals surface area (Å²) in [5, 5.41) is 2.94. The largest absolute Gasteiger partial charge is 0.352 e. The van der Waals surface area contributed by atoms with E-state index in [1.54, 1.807) is 4.90 Å². The number of hydrogen-bond acceptors (Lipinski definition) is 2. The summed E-state index contributed by atoms with van der Waals surface area (Å²) in [5.41, 5.74) is 3.17. The predicted molar refractivity (Wildman–Crippen MR) is 99.3 cm³/mol. The fourth-order valence-electron chi connectivity index (χ4n) is 3.10. The quantitative estimate of drug-likeness (QED) is 0.909. The van der Waals surface area contributed by atoms with Gasteiger partial charge < -0.3 is 10.2 Å². The van der Waals surface area contributed by atoms with Crippen molar-refractivity contribution in [1.29, 1.82) is 0 Å². The smallest absolute Gasteiger partial charge is 0.227 e. The van der Waals surface area contributed by atoms with Gasteiger partial charge in [-0.2, -0.15) is 0 Å². The molecule has 2 aromatic carbocycles. The van der Waals surface area contributed by atoms with Gasteiger partial charge in [-0.3, -0.25) is 9.59 Å². The summed E-state index contributed by atoms with van der Waals surface area (Å²) >= 11 is 0. The van der Waals surface area contributed by atoms with Gasteiger partial charge in [0, 0.05) is 25.2 Å². The lowest BCUT2D eigenvalue weighted by Gasteiger charge is -2.17. The minimum atomic E-state index is -0.291. The molecule has 1 atom stereocenters. The molecule has 4 heteroatoms. The van der Waals surface area contributed by atoms with Crippen LogP contribution in [0.2, 0.25) is 0 Å². The van der Waals surface area contributed by atoms with Crippen molar-refractivity contribution in [3.05, 3.63) is 65.7 Å². The first-order valence-electron chi connectivity index (χ1n) is 8.76. The van der Waals surface area contributed by atoms with E-state index in [-0.39, 0.29) is 24.2 Å². The molecule has 1 unspecified atom stereocenters. The van der Waals surface area contributed by atoms with Crippen LogP contribution in [0.4, 0.5) is 5.69 Å². The number of benzene rings is 2. The number of hydrogen-bond donors (Lipinski definition) is 1. The first-order chi connectivity index (χ1) is 12.0. The Morgan fingerprint density at radius 3 is 2.44 bits per heavy atom. The molecule has 0 aromatic heterocycles. The van der Waals surface area contributed by atoms with Crippen LogP contribution in [0.3, 0.4) is 0 Å². The molecule has 0 aliphatic carbocycles. The normalized spacial score (nSPS) is 17.2. The lowest BCUT2D eigenvalue weighted by Crippen LogP contribution is -2.32. The highest BCUT2D eigenvalue weighted by Gasteiger charge is 2.34. The van der Waals surface area contributed by atoms with Crippen molar-refractivity contribution in [1.82, 2.24) is 5.32 Å². The summed E-state index contributed by atoms with van der Waals surface area (Å²) < 4.78 is 0. The van der Waals surface area contributed by atoms with E-state index >= 15 is 0 Å². The van der Waals surface area contributed by atoms with Crippen LogP contribution in [0.15, 0.2) is 54.6 Å². The van der Waals surface area contributed by atoms with Crippen LogP contribution in [-0.2, 0) is 16.1 Å². The van der Waals surface area contributed by atoms with Crippen molar-refractivity contribution in [2.45, 2.75) is 32.7 Å². The monoisotopic (exact) mass is 336 g/mol. The Bertz CT molecular complexity index is 738. The van der Waals surface area contributed by atoms with Crippen molar-refractivity contribution in [3.63, 3.8) is 0 Å². The maximum Gasteiger partial charge on any atom is 0.227 e.